The molecule has 0 aromatic heterocycles. The van der Waals surface area contributed by atoms with E-state index in [4.69, 9.17) is 5.11 Å². The number of carboxylic acids is 1. The summed E-state index contributed by atoms with van der Waals surface area (Å²) < 4.78 is 22.6. The van der Waals surface area contributed by atoms with Crippen LogP contribution in [0, 0.1) is 5.41 Å². The summed E-state index contributed by atoms with van der Waals surface area (Å²) in [6.07, 6.45) is 1.15. The van der Waals surface area contributed by atoms with Crippen LogP contribution >= 0.6 is 0 Å². The molecule has 0 atom stereocenters. The van der Waals surface area contributed by atoms with Gasteiger partial charge in [-0.3, -0.25) is 4.79 Å². The predicted octanol–water partition coefficient (Wildman–Crippen LogP) is 1.70. The summed E-state index contributed by atoms with van der Waals surface area (Å²) in [6.45, 7) is 5.15. The average Bonchev–Trinajstić information content (AvgIpc) is 2.20. The van der Waals surface area contributed by atoms with Crippen LogP contribution in [-0.2, 0) is 14.6 Å². The lowest BCUT2D eigenvalue weighted by atomic mass is 9.80. The van der Waals surface area contributed by atoms with Crippen molar-refractivity contribution in [2.75, 3.05) is 11.5 Å². The molecule has 4 nitrogen and oxygen atoms in total. The maximum atomic E-state index is 11.3. The van der Waals surface area contributed by atoms with Gasteiger partial charge in [0.25, 0.3) is 0 Å². The van der Waals surface area contributed by atoms with Gasteiger partial charge in [0, 0.05) is 5.75 Å². The van der Waals surface area contributed by atoms with E-state index in [1.165, 1.54) is 0 Å². The molecular weight excluding hydrogens is 216 g/mol. The summed E-state index contributed by atoms with van der Waals surface area (Å²) in [6, 6.07) is 0. The van der Waals surface area contributed by atoms with Crippen LogP contribution in [0.2, 0.25) is 0 Å². The van der Waals surface area contributed by atoms with E-state index in [9.17, 15) is 13.2 Å². The van der Waals surface area contributed by atoms with Crippen LogP contribution in [0.4, 0.5) is 0 Å². The molecule has 0 unspecified atom stereocenters. The highest BCUT2D eigenvalue weighted by molar-refractivity contribution is 7.91. The first kappa shape index (κ1) is 14.4. The Morgan fingerprint density at radius 2 is 1.67 bits per heavy atom. The van der Waals surface area contributed by atoms with Crippen molar-refractivity contribution in [2.24, 2.45) is 5.41 Å². The van der Waals surface area contributed by atoms with E-state index in [-0.39, 0.29) is 17.9 Å². The van der Waals surface area contributed by atoms with Crippen molar-refractivity contribution in [3.8, 4) is 0 Å². The lowest BCUT2D eigenvalue weighted by molar-refractivity contribution is -0.149. The third kappa shape index (κ3) is 3.81. The maximum absolute atomic E-state index is 11.3. The van der Waals surface area contributed by atoms with Crippen LogP contribution in [0.3, 0.4) is 0 Å². The van der Waals surface area contributed by atoms with Crippen LogP contribution in [0.5, 0.6) is 0 Å². The summed E-state index contributed by atoms with van der Waals surface area (Å²) in [5.74, 6) is -0.841. The van der Waals surface area contributed by atoms with Gasteiger partial charge in [0.1, 0.15) is 9.84 Å². The highest BCUT2D eigenvalue weighted by Gasteiger charge is 2.35. The van der Waals surface area contributed by atoms with Crippen molar-refractivity contribution in [3.63, 3.8) is 0 Å². The molecule has 1 N–H and O–H groups in total. The molecule has 0 saturated heterocycles. The SMILES string of the molecule is CCC(CC)(CCS(=O)(=O)CC)C(=O)O. The molecule has 0 aromatic carbocycles. The first-order chi connectivity index (χ1) is 6.83. The molecule has 0 bridgehead atoms. The van der Waals surface area contributed by atoms with Gasteiger partial charge in [0.2, 0.25) is 0 Å². The monoisotopic (exact) mass is 236 g/mol. The number of hydrogen-bond acceptors (Lipinski definition) is 3. The van der Waals surface area contributed by atoms with Crippen molar-refractivity contribution in [3.05, 3.63) is 0 Å². The van der Waals surface area contributed by atoms with Crippen LogP contribution in [-0.4, -0.2) is 31.0 Å². The predicted molar refractivity (Wildman–Crippen MR) is 59.6 cm³/mol. The van der Waals surface area contributed by atoms with Gasteiger partial charge in [-0.15, -0.1) is 0 Å². The number of aliphatic carboxylic acids is 1. The van der Waals surface area contributed by atoms with Gasteiger partial charge in [0.05, 0.1) is 11.2 Å². The molecule has 0 saturated carbocycles. The van der Waals surface area contributed by atoms with E-state index in [1.807, 2.05) is 0 Å². The molecule has 0 spiro atoms. The third-order valence-electron chi connectivity index (χ3n) is 3.14. The largest absolute Gasteiger partial charge is 0.481 e. The fraction of sp³-hybridized carbons (Fsp3) is 0.900. The molecule has 0 aliphatic carbocycles. The maximum Gasteiger partial charge on any atom is 0.309 e. The van der Waals surface area contributed by atoms with E-state index in [2.05, 4.69) is 0 Å². The van der Waals surface area contributed by atoms with Gasteiger partial charge >= 0.3 is 5.97 Å². The Bertz CT molecular complexity index is 301. The van der Waals surface area contributed by atoms with E-state index in [0.29, 0.717) is 12.8 Å². The Kier molecular flexibility index (Phi) is 5.28. The summed E-state index contributed by atoms with van der Waals surface area (Å²) in [4.78, 5) is 11.1. The molecule has 0 aromatic rings. The van der Waals surface area contributed by atoms with E-state index < -0.39 is 21.2 Å². The smallest absolute Gasteiger partial charge is 0.309 e. The summed E-state index contributed by atoms with van der Waals surface area (Å²) >= 11 is 0. The highest BCUT2D eigenvalue weighted by Crippen LogP contribution is 2.31. The Morgan fingerprint density at radius 3 is 1.93 bits per heavy atom. The second-order valence-electron chi connectivity index (χ2n) is 3.78. The Hall–Kier alpha value is -0.580. The Balaban J connectivity index is 4.65. The minimum Gasteiger partial charge on any atom is -0.481 e. The fourth-order valence-corrected chi connectivity index (χ4v) is 2.50. The van der Waals surface area contributed by atoms with Crippen LogP contribution in [0.25, 0.3) is 0 Å². The van der Waals surface area contributed by atoms with Crippen LogP contribution < -0.4 is 0 Å². The van der Waals surface area contributed by atoms with Gasteiger partial charge in [-0.1, -0.05) is 20.8 Å². The normalized spacial score (nSPS) is 12.7. The highest BCUT2D eigenvalue weighted by atomic mass is 32.2. The summed E-state index contributed by atoms with van der Waals surface area (Å²) in [5, 5.41) is 9.10. The quantitative estimate of drug-likeness (QED) is 0.730. The second kappa shape index (κ2) is 5.49. The fourth-order valence-electron chi connectivity index (χ4n) is 1.51. The topological polar surface area (TPSA) is 71.4 Å². The van der Waals surface area contributed by atoms with Gasteiger partial charge in [0.15, 0.2) is 0 Å². The third-order valence-corrected chi connectivity index (χ3v) is 4.84. The Labute approximate surface area is 91.6 Å². The standard InChI is InChI=1S/C10H20O4S/c1-4-10(5-2,9(11)12)7-8-15(13,14)6-3/h4-8H2,1-3H3,(H,11,12). The molecule has 0 aliphatic heterocycles. The molecule has 15 heavy (non-hydrogen) atoms. The summed E-state index contributed by atoms with van der Waals surface area (Å²) in [5.41, 5.74) is -0.873. The first-order valence-corrected chi connectivity index (χ1v) is 7.09. The van der Waals surface area contributed by atoms with Crippen LogP contribution in [0.1, 0.15) is 40.0 Å². The summed E-state index contributed by atoms with van der Waals surface area (Å²) in [7, 11) is -3.07. The zero-order chi connectivity index (χ0) is 12.1. The number of sulfone groups is 1. The molecule has 0 aliphatic rings. The number of carboxylic acid groups (broad SMARTS) is 1. The molecule has 0 heterocycles. The van der Waals surface area contributed by atoms with Gasteiger partial charge in [-0.05, 0) is 19.3 Å². The molecule has 0 radical (unpaired) electrons. The molecule has 5 heteroatoms. The van der Waals surface area contributed by atoms with Gasteiger partial charge in [-0.2, -0.15) is 0 Å². The van der Waals surface area contributed by atoms with Gasteiger partial charge in [-0.25, -0.2) is 8.42 Å². The molecule has 0 fully saturated rings. The zero-order valence-electron chi connectivity index (χ0n) is 9.62. The molecule has 0 amide bonds. The minimum absolute atomic E-state index is 0.0303. The minimum atomic E-state index is -3.07. The zero-order valence-corrected chi connectivity index (χ0v) is 10.4. The second-order valence-corrected chi connectivity index (χ2v) is 6.25. The van der Waals surface area contributed by atoms with Crippen LogP contribution in [0.15, 0.2) is 0 Å². The van der Waals surface area contributed by atoms with E-state index in [0.717, 1.165) is 0 Å². The number of rotatable bonds is 7. The lowest BCUT2D eigenvalue weighted by Gasteiger charge is -2.26. The lowest BCUT2D eigenvalue weighted by Crippen LogP contribution is -2.32. The first-order valence-electron chi connectivity index (χ1n) is 5.27. The number of hydrogen-bond donors (Lipinski definition) is 1. The van der Waals surface area contributed by atoms with E-state index >= 15 is 0 Å². The number of carbonyl (C=O) groups is 1. The average molecular weight is 236 g/mol. The van der Waals surface area contributed by atoms with Crippen molar-refractivity contribution in [2.45, 2.75) is 40.0 Å². The molecular formula is C10H20O4S. The Morgan fingerprint density at radius 1 is 1.20 bits per heavy atom. The van der Waals surface area contributed by atoms with Crippen molar-refractivity contribution >= 4 is 15.8 Å². The van der Waals surface area contributed by atoms with Crippen molar-refractivity contribution in [1.82, 2.24) is 0 Å². The van der Waals surface area contributed by atoms with Gasteiger partial charge < -0.3 is 5.11 Å². The van der Waals surface area contributed by atoms with Crippen molar-refractivity contribution < 1.29 is 18.3 Å². The molecule has 90 valence electrons. The molecule has 0 rings (SSSR count). The van der Waals surface area contributed by atoms with E-state index in [1.54, 1.807) is 20.8 Å². The van der Waals surface area contributed by atoms with Crippen molar-refractivity contribution in [1.29, 1.82) is 0 Å².